The van der Waals surface area contributed by atoms with Crippen molar-refractivity contribution in [1.82, 2.24) is 5.32 Å². The first-order valence-electron chi connectivity index (χ1n) is 4.46. The van der Waals surface area contributed by atoms with E-state index in [-0.39, 0.29) is 11.6 Å². The highest BCUT2D eigenvalue weighted by Crippen LogP contribution is 2.06. The first-order chi connectivity index (χ1) is 5.52. The number of rotatable bonds is 4. The van der Waals surface area contributed by atoms with Gasteiger partial charge in [-0.3, -0.25) is 0 Å². The van der Waals surface area contributed by atoms with Gasteiger partial charge in [0.2, 0.25) is 0 Å². The summed E-state index contributed by atoms with van der Waals surface area (Å²) < 4.78 is 4.88. The third kappa shape index (κ3) is 4.99. The lowest BCUT2D eigenvalue weighted by Crippen LogP contribution is -2.43. The molecule has 0 atom stereocenters. The molecule has 1 amide bonds. The van der Waals surface area contributed by atoms with Crippen LogP contribution in [0.1, 0.15) is 40.5 Å². The number of carbonyl (C=O) groups is 1. The Morgan fingerprint density at radius 3 is 2.42 bits per heavy atom. The maximum atomic E-state index is 11.0. The summed E-state index contributed by atoms with van der Waals surface area (Å²) in [7, 11) is 0. The van der Waals surface area contributed by atoms with Crippen molar-refractivity contribution in [2.75, 3.05) is 6.61 Å². The number of hydrogen-bond donors (Lipinski definition) is 1. The van der Waals surface area contributed by atoms with Crippen LogP contribution < -0.4 is 5.32 Å². The second kappa shape index (κ2) is 5.01. The number of ether oxygens (including phenoxy) is 1. The van der Waals surface area contributed by atoms with Crippen molar-refractivity contribution < 1.29 is 9.53 Å². The van der Waals surface area contributed by atoms with Crippen LogP contribution in [0.15, 0.2) is 0 Å². The topological polar surface area (TPSA) is 38.3 Å². The molecular weight excluding hydrogens is 154 g/mol. The van der Waals surface area contributed by atoms with Gasteiger partial charge in [0.05, 0.1) is 6.61 Å². The van der Waals surface area contributed by atoms with Crippen LogP contribution in [0.4, 0.5) is 4.79 Å². The van der Waals surface area contributed by atoms with Gasteiger partial charge in [-0.05, 0) is 26.7 Å². The molecule has 0 saturated heterocycles. The molecule has 0 aliphatic carbocycles. The summed E-state index contributed by atoms with van der Waals surface area (Å²) in [5.74, 6) is 0. The Bertz CT molecular complexity index is 143. The minimum atomic E-state index is -0.316. The van der Waals surface area contributed by atoms with Gasteiger partial charge >= 0.3 is 6.09 Å². The Labute approximate surface area is 74.5 Å². The second-order valence-corrected chi connectivity index (χ2v) is 3.50. The van der Waals surface area contributed by atoms with Crippen molar-refractivity contribution in [3.05, 3.63) is 0 Å². The molecule has 0 rings (SSSR count). The molecule has 72 valence electrons. The van der Waals surface area contributed by atoms with Crippen molar-refractivity contribution in [3.8, 4) is 0 Å². The van der Waals surface area contributed by atoms with Crippen LogP contribution in [0.5, 0.6) is 0 Å². The summed E-state index contributed by atoms with van der Waals surface area (Å²) in [4.78, 5) is 11.0. The summed E-state index contributed by atoms with van der Waals surface area (Å²) in [6, 6.07) is 0. The van der Waals surface area contributed by atoms with Crippen molar-refractivity contribution in [3.63, 3.8) is 0 Å². The molecule has 0 heterocycles. The Kier molecular flexibility index (Phi) is 4.71. The summed E-state index contributed by atoms with van der Waals surface area (Å²) >= 11 is 0. The molecule has 0 saturated carbocycles. The molecule has 0 aromatic heterocycles. The molecule has 0 aromatic carbocycles. The smallest absolute Gasteiger partial charge is 0.407 e. The van der Waals surface area contributed by atoms with Crippen LogP contribution in [0, 0.1) is 0 Å². The highest BCUT2D eigenvalue weighted by molar-refractivity contribution is 5.68. The summed E-state index contributed by atoms with van der Waals surface area (Å²) in [6.07, 6.45) is 1.44. The molecule has 0 fully saturated rings. The number of carbonyl (C=O) groups excluding carboxylic acids is 1. The van der Waals surface area contributed by atoms with Crippen LogP contribution in [0.25, 0.3) is 0 Å². The van der Waals surface area contributed by atoms with E-state index in [4.69, 9.17) is 4.74 Å². The first kappa shape index (κ1) is 11.3. The van der Waals surface area contributed by atoms with Crippen molar-refractivity contribution in [1.29, 1.82) is 0 Å². The molecule has 3 nitrogen and oxygen atoms in total. The Hall–Kier alpha value is -0.730. The highest BCUT2D eigenvalue weighted by atomic mass is 16.5. The van der Waals surface area contributed by atoms with Crippen LogP contribution in [-0.4, -0.2) is 18.2 Å². The SMILES string of the molecule is CCCOC(=O)NC(C)(C)CC. The number of alkyl carbamates (subject to hydrolysis) is 1. The summed E-state index contributed by atoms with van der Waals surface area (Å²) in [6.45, 7) is 8.43. The van der Waals surface area contributed by atoms with Gasteiger partial charge in [-0.15, -0.1) is 0 Å². The minimum Gasteiger partial charge on any atom is -0.450 e. The summed E-state index contributed by atoms with van der Waals surface area (Å²) in [5, 5.41) is 2.78. The molecule has 12 heavy (non-hydrogen) atoms. The second-order valence-electron chi connectivity index (χ2n) is 3.50. The van der Waals surface area contributed by atoms with E-state index in [9.17, 15) is 4.79 Å². The predicted octanol–water partition coefficient (Wildman–Crippen LogP) is 2.31. The monoisotopic (exact) mass is 173 g/mol. The van der Waals surface area contributed by atoms with Gasteiger partial charge in [0.1, 0.15) is 0 Å². The van der Waals surface area contributed by atoms with Gasteiger partial charge in [-0.25, -0.2) is 4.79 Å². The lowest BCUT2D eigenvalue weighted by molar-refractivity contribution is 0.135. The van der Waals surface area contributed by atoms with E-state index in [0.29, 0.717) is 6.61 Å². The van der Waals surface area contributed by atoms with Gasteiger partial charge in [-0.1, -0.05) is 13.8 Å². The molecular formula is C9H19NO2. The molecule has 0 radical (unpaired) electrons. The number of nitrogens with one attached hydrogen (secondary N) is 1. The molecule has 0 aromatic rings. The maximum Gasteiger partial charge on any atom is 0.407 e. The van der Waals surface area contributed by atoms with E-state index in [1.807, 2.05) is 27.7 Å². The van der Waals surface area contributed by atoms with Crippen molar-refractivity contribution >= 4 is 6.09 Å². The first-order valence-corrected chi connectivity index (χ1v) is 4.46. The molecule has 0 spiro atoms. The fourth-order valence-corrected chi connectivity index (χ4v) is 0.596. The zero-order chi connectivity index (χ0) is 9.61. The predicted molar refractivity (Wildman–Crippen MR) is 49.1 cm³/mol. The molecule has 0 bridgehead atoms. The fraction of sp³-hybridized carbons (Fsp3) is 0.889. The number of amides is 1. The van der Waals surface area contributed by atoms with Gasteiger partial charge < -0.3 is 10.1 Å². The van der Waals surface area contributed by atoms with Gasteiger partial charge in [0.15, 0.2) is 0 Å². The molecule has 0 aliphatic heterocycles. The average Bonchev–Trinajstić information content (AvgIpc) is 2.00. The number of hydrogen-bond acceptors (Lipinski definition) is 2. The fourth-order valence-electron chi connectivity index (χ4n) is 0.596. The van der Waals surface area contributed by atoms with Crippen LogP contribution in [-0.2, 0) is 4.74 Å². The lowest BCUT2D eigenvalue weighted by Gasteiger charge is -2.23. The molecule has 1 N–H and O–H groups in total. The Morgan fingerprint density at radius 2 is 2.00 bits per heavy atom. The molecule has 3 heteroatoms. The Balaban J connectivity index is 3.68. The van der Waals surface area contributed by atoms with E-state index < -0.39 is 0 Å². The van der Waals surface area contributed by atoms with E-state index in [1.54, 1.807) is 0 Å². The third-order valence-corrected chi connectivity index (χ3v) is 1.76. The van der Waals surface area contributed by atoms with Crippen molar-refractivity contribution in [2.45, 2.75) is 46.1 Å². The van der Waals surface area contributed by atoms with Gasteiger partial charge in [0.25, 0.3) is 0 Å². The van der Waals surface area contributed by atoms with Crippen LogP contribution in [0.3, 0.4) is 0 Å². The summed E-state index contributed by atoms with van der Waals surface area (Å²) in [5.41, 5.74) is -0.162. The quantitative estimate of drug-likeness (QED) is 0.708. The van der Waals surface area contributed by atoms with E-state index in [2.05, 4.69) is 5.32 Å². The largest absolute Gasteiger partial charge is 0.450 e. The van der Waals surface area contributed by atoms with Crippen molar-refractivity contribution in [2.24, 2.45) is 0 Å². The zero-order valence-corrected chi connectivity index (χ0v) is 8.44. The van der Waals surface area contributed by atoms with Crippen LogP contribution >= 0.6 is 0 Å². The van der Waals surface area contributed by atoms with E-state index in [0.717, 1.165) is 12.8 Å². The minimum absolute atomic E-state index is 0.162. The Morgan fingerprint density at radius 1 is 1.42 bits per heavy atom. The lowest BCUT2D eigenvalue weighted by atomic mass is 10.0. The van der Waals surface area contributed by atoms with E-state index >= 15 is 0 Å². The van der Waals surface area contributed by atoms with Crippen LogP contribution in [0.2, 0.25) is 0 Å². The molecule has 0 aliphatic rings. The normalized spacial score (nSPS) is 11.0. The third-order valence-electron chi connectivity index (χ3n) is 1.76. The van der Waals surface area contributed by atoms with E-state index in [1.165, 1.54) is 0 Å². The van der Waals surface area contributed by atoms with Gasteiger partial charge in [0, 0.05) is 5.54 Å². The average molecular weight is 173 g/mol. The standard InChI is InChI=1S/C9H19NO2/c1-5-7-12-8(11)10-9(3,4)6-2/h5-7H2,1-4H3,(H,10,11). The highest BCUT2D eigenvalue weighted by Gasteiger charge is 2.17. The zero-order valence-electron chi connectivity index (χ0n) is 8.44. The molecule has 0 unspecified atom stereocenters. The van der Waals surface area contributed by atoms with Gasteiger partial charge in [-0.2, -0.15) is 0 Å². The maximum absolute atomic E-state index is 11.0.